The number of imidazole rings is 1. The summed E-state index contributed by atoms with van der Waals surface area (Å²) in [5.74, 6) is 0.638. The third-order valence-corrected chi connectivity index (χ3v) is 5.86. The fraction of sp³-hybridized carbons (Fsp3) is 0.167. The molecule has 0 saturated carbocycles. The van der Waals surface area contributed by atoms with E-state index in [-0.39, 0.29) is 5.82 Å². The van der Waals surface area contributed by atoms with E-state index in [2.05, 4.69) is 57.7 Å². The van der Waals surface area contributed by atoms with Crippen LogP contribution in [0, 0.1) is 12.7 Å². The van der Waals surface area contributed by atoms with Gasteiger partial charge in [0.1, 0.15) is 5.82 Å². The van der Waals surface area contributed by atoms with Gasteiger partial charge in [0.2, 0.25) is 0 Å². The summed E-state index contributed by atoms with van der Waals surface area (Å²) in [5.41, 5.74) is 5.27. The molecule has 30 heavy (non-hydrogen) atoms. The Bertz CT molecular complexity index is 1090. The minimum atomic E-state index is -0.242. The van der Waals surface area contributed by atoms with Crippen LogP contribution in [0.15, 0.2) is 84.4 Å². The Morgan fingerprint density at radius 1 is 0.967 bits per heavy atom. The third-order valence-electron chi connectivity index (χ3n) is 4.92. The molecule has 2 heterocycles. The number of benzene rings is 2. The van der Waals surface area contributed by atoms with Crippen molar-refractivity contribution in [1.29, 1.82) is 0 Å². The maximum absolute atomic E-state index is 13.4. The zero-order valence-electron chi connectivity index (χ0n) is 17.0. The van der Waals surface area contributed by atoms with E-state index in [1.165, 1.54) is 17.7 Å². The van der Waals surface area contributed by atoms with Crippen molar-refractivity contribution in [3.05, 3.63) is 90.6 Å². The maximum Gasteiger partial charge on any atom is 0.173 e. The summed E-state index contributed by atoms with van der Waals surface area (Å²) in [6.07, 6.45) is 5.47. The lowest BCUT2D eigenvalue weighted by Crippen LogP contribution is -2.20. The molecule has 4 aromatic rings. The van der Waals surface area contributed by atoms with Gasteiger partial charge in [-0.05, 0) is 55.5 Å². The highest BCUT2D eigenvalue weighted by Gasteiger charge is 2.14. The van der Waals surface area contributed by atoms with E-state index in [0.717, 1.165) is 40.1 Å². The van der Waals surface area contributed by atoms with Gasteiger partial charge in [-0.3, -0.25) is 9.55 Å². The second kappa shape index (κ2) is 9.13. The summed E-state index contributed by atoms with van der Waals surface area (Å²) in [7, 11) is 2.08. The van der Waals surface area contributed by atoms with Crippen LogP contribution in [0.5, 0.6) is 0 Å². The highest BCUT2D eigenvalue weighted by Crippen LogP contribution is 2.30. The molecule has 0 bridgehead atoms. The second-order valence-electron chi connectivity index (χ2n) is 7.08. The SMILES string of the molecule is Cc1ccc(-n2c(-c3ccc(F)cc3)cnc2SCCN(C)c2ccncc2)cc1. The fourth-order valence-electron chi connectivity index (χ4n) is 3.21. The van der Waals surface area contributed by atoms with Crippen molar-refractivity contribution >= 4 is 17.4 Å². The molecule has 0 radical (unpaired) electrons. The first-order chi connectivity index (χ1) is 14.6. The Kier molecular flexibility index (Phi) is 6.14. The van der Waals surface area contributed by atoms with Crippen LogP contribution in [0.25, 0.3) is 16.9 Å². The Labute approximate surface area is 180 Å². The molecule has 2 aromatic carbocycles. The third kappa shape index (κ3) is 4.54. The molecule has 6 heteroatoms. The Morgan fingerprint density at radius 3 is 2.37 bits per heavy atom. The molecule has 0 aliphatic rings. The lowest BCUT2D eigenvalue weighted by molar-refractivity contribution is 0.628. The van der Waals surface area contributed by atoms with Gasteiger partial charge in [0.15, 0.2) is 5.16 Å². The van der Waals surface area contributed by atoms with Crippen molar-refractivity contribution in [2.24, 2.45) is 0 Å². The smallest absolute Gasteiger partial charge is 0.173 e. The fourth-order valence-corrected chi connectivity index (χ4v) is 4.21. The number of thioether (sulfide) groups is 1. The monoisotopic (exact) mass is 418 g/mol. The number of aromatic nitrogens is 3. The molecule has 4 nitrogen and oxygen atoms in total. The van der Waals surface area contributed by atoms with Crippen molar-refractivity contribution in [3.8, 4) is 16.9 Å². The summed E-state index contributed by atoms with van der Waals surface area (Å²) in [5, 5.41) is 0.918. The second-order valence-corrected chi connectivity index (χ2v) is 8.14. The summed E-state index contributed by atoms with van der Waals surface area (Å²) in [4.78, 5) is 11.0. The summed E-state index contributed by atoms with van der Waals surface area (Å²) >= 11 is 1.71. The van der Waals surface area contributed by atoms with Crippen molar-refractivity contribution in [3.63, 3.8) is 0 Å². The van der Waals surface area contributed by atoms with E-state index in [0.29, 0.717) is 0 Å². The first-order valence-electron chi connectivity index (χ1n) is 9.76. The predicted molar refractivity (Wildman–Crippen MR) is 122 cm³/mol. The number of hydrogen-bond donors (Lipinski definition) is 0. The van der Waals surface area contributed by atoms with Crippen LogP contribution in [0.4, 0.5) is 10.1 Å². The van der Waals surface area contributed by atoms with E-state index in [4.69, 9.17) is 0 Å². The van der Waals surface area contributed by atoms with Gasteiger partial charge >= 0.3 is 0 Å². The lowest BCUT2D eigenvalue weighted by atomic mass is 10.1. The van der Waals surface area contributed by atoms with E-state index < -0.39 is 0 Å². The largest absolute Gasteiger partial charge is 0.374 e. The first-order valence-corrected chi connectivity index (χ1v) is 10.7. The quantitative estimate of drug-likeness (QED) is 0.365. The average Bonchev–Trinajstić information content (AvgIpc) is 3.19. The maximum atomic E-state index is 13.4. The molecule has 4 rings (SSSR count). The van der Waals surface area contributed by atoms with Gasteiger partial charge in [0, 0.05) is 48.7 Å². The zero-order chi connectivity index (χ0) is 20.9. The molecule has 0 amide bonds. The van der Waals surface area contributed by atoms with Gasteiger partial charge in [-0.15, -0.1) is 0 Å². The Hall–Kier alpha value is -3.12. The van der Waals surface area contributed by atoms with E-state index in [1.807, 2.05) is 18.3 Å². The molecular formula is C24H23FN4S. The predicted octanol–water partition coefficient (Wildman–Crippen LogP) is 5.61. The van der Waals surface area contributed by atoms with Crippen molar-refractivity contribution in [1.82, 2.24) is 14.5 Å². The zero-order valence-corrected chi connectivity index (χ0v) is 17.8. The van der Waals surface area contributed by atoms with Gasteiger partial charge in [-0.2, -0.15) is 0 Å². The molecule has 0 spiro atoms. The molecule has 0 aliphatic heterocycles. The number of hydrogen-bond acceptors (Lipinski definition) is 4. The summed E-state index contributed by atoms with van der Waals surface area (Å²) in [6, 6.07) is 18.9. The van der Waals surface area contributed by atoms with Crippen LogP contribution in [0.3, 0.4) is 0 Å². The van der Waals surface area contributed by atoms with Crippen LogP contribution >= 0.6 is 11.8 Å². The number of rotatable bonds is 7. The van der Waals surface area contributed by atoms with Gasteiger partial charge in [0.05, 0.1) is 11.9 Å². The summed E-state index contributed by atoms with van der Waals surface area (Å²) in [6.45, 7) is 2.95. The number of pyridine rings is 1. The number of aryl methyl sites for hydroxylation is 1. The molecule has 0 N–H and O–H groups in total. The molecule has 0 atom stereocenters. The molecule has 0 aliphatic carbocycles. The molecule has 2 aromatic heterocycles. The molecular weight excluding hydrogens is 395 g/mol. The molecule has 152 valence electrons. The Morgan fingerprint density at radius 2 is 1.67 bits per heavy atom. The number of anilines is 1. The minimum Gasteiger partial charge on any atom is -0.374 e. The number of halogens is 1. The summed E-state index contributed by atoms with van der Waals surface area (Å²) < 4.78 is 15.6. The van der Waals surface area contributed by atoms with Crippen LogP contribution in [-0.2, 0) is 0 Å². The van der Waals surface area contributed by atoms with Gasteiger partial charge in [0.25, 0.3) is 0 Å². The van der Waals surface area contributed by atoms with Gasteiger partial charge in [-0.1, -0.05) is 29.5 Å². The van der Waals surface area contributed by atoms with Gasteiger partial charge in [-0.25, -0.2) is 9.37 Å². The minimum absolute atomic E-state index is 0.242. The standard InChI is InChI=1S/C24H23FN4S/c1-18-3-9-22(10-4-18)29-23(19-5-7-20(25)8-6-19)17-27-24(29)30-16-15-28(2)21-11-13-26-14-12-21/h3-14,17H,15-16H2,1-2H3. The van der Waals surface area contributed by atoms with E-state index in [1.54, 1.807) is 36.3 Å². The average molecular weight is 419 g/mol. The molecule has 0 unspecified atom stereocenters. The van der Waals surface area contributed by atoms with Crippen LogP contribution < -0.4 is 4.90 Å². The van der Waals surface area contributed by atoms with E-state index in [9.17, 15) is 4.39 Å². The molecule has 0 fully saturated rings. The highest BCUT2D eigenvalue weighted by molar-refractivity contribution is 7.99. The number of nitrogens with zero attached hydrogens (tertiary/aromatic N) is 4. The van der Waals surface area contributed by atoms with Crippen molar-refractivity contribution in [2.45, 2.75) is 12.1 Å². The molecule has 0 saturated heterocycles. The van der Waals surface area contributed by atoms with Crippen LogP contribution in [0.1, 0.15) is 5.56 Å². The highest BCUT2D eigenvalue weighted by atomic mass is 32.2. The normalized spacial score (nSPS) is 10.9. The first kappa shape index (κ1) is 20.2. The van der Waals surface area contributed by atoms with E-state index >= 15 is 0 Å². The Balaban J connectivity index is 1.59. The van der Waals surface area contributed by atoms with Crippen LogP contribution in [0.2, 0.25) is 0 Å². The lowest BCUT2D eigenvalue weighted by Gasteiger charge is -2.19. The van der Waals surface area contributed by atoms with Crippen molar-refractivity contribution in [2.75, 3.05) is 24.2 Å². The van der Waals surface area contributed by atoms with Gasteiger partial charge < -0.3 is 4.90 Å². The van der Waals surface area contributed by atoms with Crippen LogP contribution in [-0.4, -0.2) is 33.9 Å². The topological polar surface area (TPSA) is 34.0 Å². The van der Waals surface area contributed by atoms with Crippen molar-refractivity contribution < 1.29 is 4.39 Å².